The van der Waals surface area contributed by atoms with E-state index < -0.39 is 35.5 Å². The van der Waals surface area contributed by atoms with Gasteiger partial charge in [-0.25, -0.2) is 0 Å². The minimum atomic E-state index is -1.61. The molecular weight excluding hydrogens is 384 g/mol. The van der Waals surface area contributed by atoms with E-state index in [9.17, 15) is 24.6 Å². The number of hydrogen-bond donors (Lipinski definition) is 2. The Hall–Kier alpha value is -1.27. The molecule has 0 aromatic rings. The summed E-state index contributed by atoms with van der Waals surface area (Å²) in [5.41, 5.74) is -2.43. The third kappa shape index (κ3) is 2.85. The fourth-order valence-corrected chi connectivity index (χ4v) is 8.38. The van der Waals surface area contributed by atoms with Gasteiger partial charge in [-0.3, -0.25) is 14.4 Å². The molecule has 0 aliphatic heterocycles. The molecule has 4 rings (SSSR count). The van der Waals surface area contributed by atoms with Gasteiger partial charge in [0.2, 0.25) is 5.78 Å². The summed E-state index contributed by atoms with van der Waals surface area (Å²) >= 11 is 0. The molecule has 30 heavy (non-hydrogen) atoms. The molecule has 4 aliphatic rings. The predicted octanol–water partition coefficient (Wildman–Crippen LogP) is 2.68. The van der Waals surface area contributed by atoms with Crippen molar-refractivity contribution in [1.82, 2.24) is 0 Å². The number of ether oxygens (including phenoxy) is 1. The van der Waals surface area contributed by atoms with Crippen LogP contribution in [-0.2, 0) is 19.1 Å². The quantitative estimate of drug-likeness (QED) is 0.681. The third-order valence-corrected chi connectivity index (χ3v) is 9.83. The molecule has 0 radical (unpaired) electrons. The van der Waals surface area contributed by atoms with Gasteiger partial charge in [0.1, 0.15) is 11.4 Å². The Bertz CT molecular complexity index is 763. The highest BCUT2D eigenvalue weighted by molar-refractivity contribution is 5.91. The number of fused-ring (bicyclic) bond motifs is 5. The molecule has 9 atom stereocenters. The van der Waals surface area contributed by atoms with Crippen molar-refractivity contribution in [1.29, 1.82) is 0 Å². The lowest BCUT2D eigenvalue weighted by molar-refractivity contribution is -0.202. The van der Waals surface area contributed by atoms with Crippen LogP contribution in [0.25, 0.3) is 0 Å². The van der Waals surface area contributed by atoms with Crippen molar-refractivity contribution in [3.8, 4) is 0 Å². The van der Waals surface area contributed by atoms with E-state index in [0.717, 1.165) is 25.7 Å². The molecular formula is C24H36O6. The van der Waals surface area contributed by atoms with Crippen LogP contribution in [0, 0.1) is 40.4 Å². The molecule has 6 heteroatoms. The smallest absolute Gasteiger partial charge is 0.303 e. The topological polar surface area (TPSA) is 101 Å². The second-order valence-corrected chi connectivity index (χ2v) is 11.1. The second kappa shape index (κ2) is 7.13. The van der Waals surface area contributed by atoms with E-state index in [1.165, 1.54) is 6.92 Å². The molecule has 2 N–H and O–H groups in total. The molecule has 4 aliphatic carbocycles. The van der Waals surface area contributed by atoms with Crippen LogP contribution in [0.4, 0.5) is 0 Å². The van der Waals surface area contributed by atoms with E-state index in [2.05, 4.69) is 6.92 Å². The molecule has 0 bridgehead atoms. The van der Waals surface area contributed by atoms with Crippen LogP contribution in [0.1, 0.15) is 72.6 Å². The first-order valence-corrected chi connectivity index (χ1v) is 11.5. The van der Waals surface area contributed by atoms with Crippen molar-refractivity contribution in [2.75, 3.05) is 6.61 Å². The van der Waals surface area contributed by atoms with Crippen molar-refractivity contribution in [3.05, 3.63) is 0 Å². The Morgan fingerprint density at radius 2 is 1.93 bits per heavy atom. The summed E-state index contributed by atoms with van der Waals surface area (Å²) in [5.74, 6) is -0.146. The van der Waals surface area contributed by atoms with Gasteiger partial charge in [-0.2, -0.15) is 0 Å². The van der Waals surface area contributed by atoms with Crippen molar-refractivity contribution in [2.24, 2.45) is 40.4 Å². The summed E-state index contributed by atoms with van der Waals surface area (Å²) in [6, 6.07) is 0. The van der Waals surface area contributed by atoms with Gasteiger partial charge in [0.15, 0.2) is 6.61 Å². The van der Waals surface area contributed by atoms with Crippen LogP contribution >= 0.6 is 0 Å². The van der Waals surface area contributed by atoms with Gasteiger partial charge < -0.3 is 14.9 Å². The number of rotatable bonds is 3. The number of carbonyl (C=O) groups is 3. The first-order chi connectivity index (χ1) is 13.9. The van der Waals surface area contributed by atoms with Crippen LogP contribution in [-0.4, -0.2) is 46.1 Å². The number of esters is 1. The van der Waals surface area contributed by atoms with Crippen molar-refractivity contribution in [2.45, 2.75) is 84.3 Å². The zero-order valence-corrected chi connectivity index (χ0v) is 18.6. The van der Waals surface area contributed by atoms with Gasteiger partial charge in [-0.05, 0) is 67.1 Å². The molecule has 4 saturated carbocycles. The SMILES string of the molecule is CC(=O)OCC(=O)[C@@]1(O)[C@@H](C)C[C@H]2[C@@H]3CC[C@@H]4CC(=O)CC[C@]4(C)[C@H]3[C@H](O)C[C@@]21C. The molecule has 0 unspecified atom stereocenters. The summed E-state index contributed by atoms with van der Waals surface area (Å²) in [4.78, 5) is 36.4. The fourth-order valence-electron chi connectivity index (χ4n) is 8.38. The molecule has 0 spiro atoms. The summed E-state index contributed by atoms with van der Waals surface area (Å²) < 4.78 is 4.94. The lowest BCUT2D eigenvalue weighted by Crippen LogP contribution is -2.64. The summed E-state index contributed by atoms with van der Waals surface area (Å²) in [6.45, 7) is 6.94. The highest BCUT2D eigenvalue weighted by Gasteiger charge is 2.71. The number of aliphatic hydroxyl groups is 2. The predicted molar refractivity (Wildman–Crippen MR) is 109 cm³/mol. The van der Waals surface area contributed by atoms with Crippen molar-refractivity contribution in [3.63, 3.8) is 0 Å². The number of ketones is 2. The Kier molecular flexibility index (Phi) is 5.21. The van der Waals surface area contributed by atoms with Crippen molar-refractivity contribution >= 4 is 17.5 Å². The first kappa shape index (κ1) is 21.9. The van der Waals surface area contributed by atoms with Gasteiger partial charge in [0.25, 0.3) is 0 Å². The highest BCUT2D eigenvalue weighted by atomic mass is 16.5. The molecule has 0 aromatic heterocycles. The van der Waals surface area contributed by atoms with E-state index in [0.29, 0.717) is 31.0 Å². The lowest BCUT2D eigenvalue weighted by atomic mass is 9.43. The van der Waals surface area contributed by atoms with Gasteiger partial charge in [0, 0.05) is 25.2 Å². The van der Waals surface area contributed by atoms with Gasteiger partial charge >= 0.3 is 5.97 Å². The maximum absolute atomic E-state index is 13.1. The summed E-state index contributed by atoms with van der Waals surface area (Å²) in [6.07, 6.45) is 4.41. The summed E-state index contributed by atoms with van der Waals surface area (Å²) in [5, 5.41) is 23.2. The zero-order chi connectivity index (χ0) is 22.1. The van der Waals surface area contributed by atoms with Crippen LogP contribution in [0.15, 0.2) is 0 Å². The van der Waals surface area contributed by atoms with E-state index in [1.807, 2.05) is 13.8 Å². The second-order valence-electron chi connectivity index (χ2n) is 11.1. The maximum Gasteiger partial charge on any atom is 0.303 e. The van der Waals surface area contributed by atoms with Gasteiger partial charge in [0.05, 0.1) is 6.10 Å². The minimum Gasteiger partial charge on any atom is -0.458 e. The van der Waals surface area contributed by atoms with E-state index >= 15 is 0 Å². The minimum absolute atomic E-state index is 0.0662. The Morgan fingerprint density at radius 3 is 2.60 bits per heavy atom. The summed E-state index contributed by atoms with van der Waals surface area (Å²) in [7, 11) is 0. The van der Waals surface area contributed by atoms with Gasteiger partial charge in [-0.15, -0.1) is 0 Å². The largest absolute Gasteiger partial charge is 0.458 e. The van der Waals surface area contributed by atoms with Crippen LogP contribution in [0.3, 0.4) is 0 Å². The Morgan fingerprint density at radius 1 is 1.23 bits per heavy atom. The van der Waals surface area contributed by atoms with Crippen LogP contribution in [0.5, 0.6) is 0 Å². The van der Waals surface area contributed by atoms with E-state index in [1.54, 1.807) is 0 Å². The maximum atomic E-state index is 13.1. The number of Topliss-reactive ketones (excluding diaryl/α,β-unsaturated/α-hetero) is 2. The van der Waals surface area contributed by atoms with Crippen molar-refractivity contribution < 1.29 is 29.3 Å². The van der Waals surface area contributed by atoms with Crippen LogP contribution < -0.4 is 0 Å². The monoisotopic (exact) mass is 420 g/mol. The van der Waals surface area contributed by atoms with Crippen LogP contribution in [0.2, 0.25) is 0 Å². The standard InChI is InChI=1S/C24H36O6/c1-13-9-18-17-6-5-15-10-16(26)7-8-22(15,3)21(17)19(27)11-23(18,4)24(13,29)20(28)12-30-14(2)25/h13,15,17-19,21,27,29H,5-12H2,1-4H3/t13-,15+,17-,18-,19+,21+,22-,23-,24-/m0/s1. The number of carbonyl (C=O) groups excluding carboxylic acids is 3. The molecule has 0 aromatic carbocycles. The molecule has 4 fully saturated rings. The molecule has 6 nitrogen and oxygen atoms in total. The molecule has 0 heterocycles. The Balaban J connectivity index is 1.67. The number of aliphatic hydroxyl groups excluding tert-OH is 1. The first-order valence-electron chi connectivity index (χ1n) is 11.5. The Labute approximate surface area is 178 Å². The number of hydrogen-bond acceptors (Lipinski definition) is 6. The molecule has 168 valence electrons. The third-order valence-electron chi connectivity index (χ3n) is 9.83. The highest BCUT2D eigenvalue weighted by Crippen LogP contribution is 2.69. The van der Waals surface area contributed by atoms with E-state index in [-0.39, 0.29) is 29.1 Å². The molecule has 0 saturated heterocycles. The van der Waals surface area contributed by atoms with E-state index in [4.69, 9.17) is 4.74 Å². The zero-order valence-electron chi connectivity index (χ0n) is 18.6. The average Bonchev–Trinajstić information content (AvgIpc) is 2.87. The molecule has 0 amide bonds. The lowest BCUT2D eigenvalue weighted by Gasteiger charge is -2.62. The van der Waals surface area contributed by atoms with Gasteiger partial charge in [-0.1, -0.05) is 20.8 Å². The average molecular weight is 421 g/mol. The fraction of sp³-hybridized carbons (Fsp3) is 0.875. The normalized spacial score (nSPS) is 50.3.